The van der Waals surface area contributed by atoms with E-state index in [4.69, 9.17) is 28.3 Å². The highest BCUT2D eigenvalue weighted by molar-refractivity contribution is 6.42. The zero-order valence-electron chi connectivity index (χ0n) is 11.4. The first kappa shape index (κ1) is 16.1. The highest BCUT2D eigenvalue weighted by Gasteiger charge is 2.20. The van der Waals surface area contributed by atoms with Gasteiger partial charge in [0.05, 0.1) is 16.1 Å². The molecule has 1 aromatic carbocycles. The number of rotatable bonds is 5. The minimum atomic E-state index is -0.586. The molecule has 1 saturated heterocycles. The molecule has 112 valence electrons. The van der Waals surface area contributed by atoms with Gasteiger partial charge in [-0.2, -0.15) is 0 Å². The summed E-state index contributed by atoms with van der Waals surface area (Å²) in [6.45, 7) is 3.10. The average molecular weight is 318 g/mol. The topological polar surface area (TPSA) is 43.7 Å². The first-order chi connectivity index (χ1) is 9.61. The van der Waals surface area contributed by atoms with Crippen molar-refractivity contribution in [1.82, 2.24) is 4.90 Å². The molecule has 0 bridgehead atoms. The number of halogens is 2. The first-order valence-electron chi connectivity index (χ1n) is 7.07. The Morgan fingerprint density at radius 1 is 1.25 bits per heavy atom. The molecule has 1 aromatic rings. The van der Waals surface area contributed by atoms with Crippen molar-refractivity contribution < 1.29 is 10.2 Å². The predicted octanol–water partition coefficient (Wildman–Crippen LogP) is 3.12. The van der Waals surface area contributed by atoms with E-state index in [1.54, 1.807) is 12.1 Å². The Hall–Kier alpha value is -0.320. The summed E-state index contributed by atoms with van der Waals surface area (Å²) in [5.74, 6) is 0.443. The van der Waals surface area contributed by atoms with Crippen molar-refractivity contribution in [2.45, 2.75) is 25.4 Å². The summed E-state index contributed by atoms with van der Waals surface area (Å²) in [6.07, 6.45) is 2.12. The number of benzene rings is 1. The van der Waals surface area contributed by atoms with Gasteiger partial charge < -0.3 is 15.1 Å². The fourth-order valence-electron chi connectivity index (χ4n) is 2.63. The van der Waals surface area contributed by atoms with Crippen LogP contribution in [0.3, 0.4) is 0 Å². The van der Waals surface area contributed by atoms with Crippen LogP contribution in [0.2, 0.25) is 10.0 Å². The van der Waals surface area contributed by atoms with Crippen LogP contribution in [-0.4, -0.2) is 41.4 Å². The van der Waals surface area contributed by atoms with Crippen LogP contribution in [0.4, 0.5) is 0 Å². The van der Waals surface area contributed by atoms with Crippen LogP contribution in [0, 0.1) is 5.92 Å². The summed E-state index contributed by atoms with van der Waals surface area (Å²) >= 11 is 12.1. The molecule has 0 amide bonds. The van der Waals surface area contributed by atoms with E-state index in [1.807, 2.05) is 6.07 Å². The van der Waals surface area contributed by atoms with Gasteiger partial charge in [0.2, 0.25) is 0 Å². The van der Waals surface area contributed by atoms with E-state index < -0.39 is 6.10 Å². The molecule has 1 fully saturated rings. The van der Waals surface area contributed by atoms with Crippen molar-refractivity contribution in [3.8, 4) is 0 Å². The fraction of sp³-hybridized carbons (Fsp3) is 0.600. The second-order valence-corrected chi connectivity index (χ2v) is 6.20. The summed E-state index contributed by atoms with van der Waals surface area (Å²) in [5, 5.41) is 20.3. The molecule has 5 heteroatoms. The molecular weight excluding hydrogens is 297 g/mol. The van der Waals surface area contributed by atoms with Gasteiger partial charge in [-0.05, 0) is 44.3 Å². The van der Waals surface area contributed by atoms with Crippen LogP contribution in [0.15, 0.2) is 18.2 Å². The van der Waals surface area contributed by atoms with Crippen molar-refractivity contribution >= 4 is 23.2 Å². The number of piperidine rings is 1. The van der Waals surface area contributed by atoms with Crippen LogP contribution >= 0.6 is 23.2 Å². The standard InChI is InChI=1S/C15H21Cl2NO2/c16-13-3-1-2-12(15(13)17)14(20)6-9-18-7-4-11(10-19)5-8-18/h1-3,11,14,19-20H,4-10H2. The van der Waals surface area contributed by atoms with Crippen LogP contribution < -0.4 is 0 Å². The summed E-state index contributed by atoms with van der Waals surface area (Å²) < 4.78 is 0. The van der Waals surface area contributed by atoms with E-state index in [0.717, 1.165) is 32.5 Å². The summed E-state index contributed by atoms with van der Waals surface area (Å²) in [6, 6.07) is 5.34. The minimum absolute atomic E-state index is 0.286. The maximum atomic E-state index is 10.2. The molecule has 0 saturated carbocycles. The third-order valence-corrected chi connectivity index (χ3v) is 4.86. The molecule has 1 atom stereocenters. The van der Waals surface area contributed by atoms with Gasteiger partial charge in [-0.25, -0.2) is 0 Å². The molecule has 0 aromatic heterocycles. The maximum absolute atomic E-state index is 10.2. The number of hydrogen-bond acceptors (Lipinski definition) is 3. The summed E-state index contributed by atoms with van der Waals surface area (Å²) in [5.41, 5.74) is 0.699. The Morgan fingerprint density at radius 3 is 2.60 bits per heavy atom. The maximum Gasteiger partial charge on any atom is 0.0817 e. The third kappa shape index (κ3) is 4.09. The average Bonchev–Trinajstić information content (AvgIpc) is 2.48. The molecule has 0 aliphatic carbocycles. The number of aliphatic hydroxyl groups is 2. The van der Waals surface area contributed by atoms with Crippen LogP contribution in [0.5, 0.6) is 0 Å². The lowest BCUT2D eigenvalue weighted by Gasteiger charge is -2.31. The Kier molecular flexibility index (Phi) is 6.12. The highest BCUT2D eigenvalue weighted by Crippen LogP contribution is 2.31. The Morgan fingerprint density at radius 2 is 1.95 bits per heavy atom. The molecule has 0 radical (unpaired) electrons. The molecular formula is C15H21Cl2NO2. The normalized spacial score (nSPS) is 19.2. The Labute approximate surface area is 130 Å². The van der Waals surface area contributed by atoms with Crippen LogP contribution in [0.1, 0.15) is 30.9 Å². The molecule has 1 aliphatic heterocycles. The van der Waals surface area contributed by atoms with Crippen LogP contribution in [-0.2, 0) is 0 Å². The molecule has 20 heavy (non-hydrogen) atoms. The number of hydrogen-bond donors (Lipinski definition) is 2. The van der Waals surface area contributed by atoms with Crippen molar-refractivity contribution in [1.29, 1.82) is 0 Å². The molecule has 2 N–H and O–H groups in total. The second kappa shape index (κ2) is 7.62. The number of nitrogens with zero attached hydrogens (tertiary/aromatic N) is 1. The predicted molar refractivity (Wildman–Crippen MR) is 82.3 cm³/mol. The van der Waals surface area contributed by atoms with Crippen molar-refractivity contribution in [2.75, 3.05) is 26.2 Å². The monoisotopic (exact) mass is 317 g/mol. The zero-order valence-corrected chi connectivity index (χ0v) is 12.9. The van der Waals surface area contributed by atoms with Gasteiger partial charge >= 0.3 is 0 Å². The first-order valence-corrected chi connectivity index (χ1v) is 7.82. The third-order valence-electron chi connectivity index (χ3n) is 4.02. The van der Waals surface area contributed by atoms with E-state index in [0.29, 0.717) is 27.9 Å². The van der Waals surface area contributed by atoms with Crippen LogP contribution in [0.25, 0.3) is 0 Å². The largest absolute Gasteiger partial charge is 0.396 e. The van der Waals surface area contributed by atoms with Crippen molar-refractivity contribution in [3.05, 3.63) is 33.8 Å². The quantitative estimate of drug-likeness (QED) is 0.877. The van der Waals surface area contributed by atoms with Gasteiger partial charge in [0.25, 0.3) is 0 Å². The van der Waals surface area contributed by atoms with Gasteiger partial charge in [-0.3, -0.25) is 0 Å². The van der Waals surface area contributed by atoms with E-state index in [2.05, 4.69) is 4.90 Å². The lowest BCUT2D eigenvalue weighted by atomic mass is 9.97. The summed E-state index contributed by atoms with van der Waals surface area (Å²) in [4.78, 5) is 2.33. The molecule has 1 heterocycles. The zero-order chi connectivity index (χ0) is 14.5. The summed E-state index contributed by atoms with van der Waals surface area (Å²) in [7, 11) is 0. The molecule has 1 unspecified atom stereocenters. The number of likely N-dealkylation sites (tertiary alicyclic amines) is 1. The van der Waals surface area contributed by atoms with E-state index in [-0.39, 0.29) is 6.61 Å². The number of aliphatic hydroxyl groups excluding tert-OH is 2. The Balaban J connectivity index is 1.83. The van der Waals surface area contributed by atoms with Gasteiger partial charge in [0.15, 0.2) is 0 Å². The van der Waals surface area contributed by atoms with Gasteiger partial charge in [0.1, 0.15) is 0 Å². The Bertz CT molecular complexity index is 434. The lowest BCUT2D eigenvalue weighted by Crippen LogP contribution is -2.35. The molecule has 1 aliphatic rings. The van der Waals surface area contributed by atoms with Crippen molar-refractivity contribution in [2.24, 2.45) is 5.92 Å². The SMILES string of the molecule is OCC1CCN(CCC(O)c2cccc(Cl)c2Cl)CC1. The molecule has 3 nitrogen and oxygen atoms in total. The van der Waals surface area contributed by atoms with E-state index in [9.17, 15) is 5.11 Å². The highest BCUT2D eigenvalue weighted by atomic mass is 35.5. The van der Waals surface area contributed by atoms with Crippen molar-refractivity contribution in [3.63, 3.8) is 0 Å². The second-order valence-electron chi connectivity index (χ2n) is 5.42. The molecule has 0 spiro atoms. The lowest BCUT2D eigenvalue weighted by molar-refractivity contribution is 0.105. The van der Waals surface area contributed by atoms with E-state index in [1.165, 1.54) is 0 Å². The fourth-order valence-corrected chi connectivity index (χ4v) is 3.06. The van der Waals surface area contributed by atoms with Gasteiger partial charge in [-0.15, -0.1) is 0 Å². The smallest absolute Gasteiger partial charge is 0.0817 e. The van der Waals surface area contributed by atoms with E-state index >= 15 is 0 Å². The van der Waals surface area contributed by atoms with Gasteiger partial charge in [-0.1, -0.05) is 35.3 Å². The molecule has 2 rings (SSSR count). The van der Waals surface area contributed by atoms with Gasteiger partial charge in [0, 0.05) is 18.7 Å². The minimum Gasteiger partial charge on any atom is -0.396 e.